The fourth-order valence-electron chi connectivity index (χ4n) is 1.88. The molecule has 2 aromatic rings. The molecule has 0 radical (unpaired) electrons. The quantitative estimate of drug-likeness (QED) is 0.794. The van der Waals surface area contributed by atoms with Gasteiger partial charge in [-0.05, 0) is 19.1 Å². The van der Waals surface area contributed by atoms with Gasteiger partial charge in [0.05, 0.1) is 0 Å². The van der Waals surface area contributed by atoms with Crippen LogP contribution in [0.15, 0.2) is 22.9 Å². The molecule has 0 aliphatic carbocycles. The van der Waals surface area contributed by atoms with Gasteiger partial charge in [-0.15, -0.1) is 0 Å². The van der Waals surface area contributed by atoms with Gasteiger partial charge in [-0.1, -0.05) is 5.16 Å². The van der Waals surface area contributed by atoms with Crippen molar-refractivity contribution in [1.29, 1.82) is 0 Å². The zero-order valence-corrected chi connectivity index (χ0v) is 11.9. The van der Waals surface area contributed by atoms with Crippen molar-refractivity contribution in [3.8, 4) is 0 Å². The number of aryl methyl sites for hydroxylation is 1. The molecule has 7 heteroatoms. The molecule has 0 saturated heterocycles. The number of amides is 1. The molecule has 0 N–H and O–H groups in total. The molecule has 0 aromatic carbocycles. The summed E-state index contributed by atoms with van der Waals surface area (Å²) in [6, 6.07) is 3.62. The average molecular weight is 278 g/mol. The standard InChI is InChI=1S/C13H18N4O3/c1-4-17(13(18)10-6-5-7-16(10)2)8-12-14-11(9-19-3)15-20-12/h5-7H,4,8-9H2,1-3H3. The summed E-state index contributed by atoms with van der Waals surface area (Å²) in [6.45, 7) is 3.05. The average Bonchev–Trinajstić information content (AvgIpc) is 3.05. The van der Waals surface area contributed by atoms with Crippen LogP contribution in [0.1, 0.15) is 29.1 Å². The number of nitrogens with zero attached hydrogens (tertiary/aromatic N) is 4. The third-order valence-corrected chi connectivity index (χ3v) is 2.94. The molecule has 0 aliphatic rings. The van der Waals surface area contributed by atoms with Crippen molar-refractivity contribution >= 4 is 5.91 Å². The summed E-state index contributed by atoms with van der Waals surface area (Å²) in [5.74, 6) is 0.817. The molecule has 0 atom stereocenters. The molecule has 2 heterocycles. The number of rotatable bonds is 6. The molecule has 0 bridgehead atoms. The van der Waals surface area contributed by atoms with Crippen LogP contribution in [0.25, 0.3) is 0 Å². The van der Waals surface area contributed by atoms with Gasteiger partial charge in [-0.25, -0.2) is 0 Å². The maximum absolute atomic E-state index is 12.4. The van der Waals surface area contributed by atoms with Crippen LogP contribution in [0, 0.1) is 0 Å². The van der Waals surface area contributed by atoms with Gasteiger partial charge in [0.15, 0.2) is 5.82 Å². The van der Waals surface area contributed by atoms with Gasteiger partial charge in [-0.2, -0.15) is 4.98 Å². The van der Waals surface area contributed by atoms with Crippen molar-refractivity contribution in [3.05, 3.63) is 35.7 Å². The van der Waals surface area contributed by atoms with Crippen molar-refractivity contribution in [2.24, 2.45) is 7.05 Å². The lowest BCUT2D eigenvalue weighted by Crippen LogP contribution is -2.31. The molecule has 0 unspecified atom stereocenters. The van der Waals surface area contributed by atoms with Crippen LogP contribution in [0.4, 0.5) is 0 Å². The summed E-state index contributed by atoms with van der Waals surface area (Å²) in [6.07, 6.45) is 1.84. The summed E-state index contributed by atoms with van der Waals surface area (Å²) in [5, 5.41) is 3.78. The molecular weight excluding hydrogens is 260 g/mol. The van der Waals surface area contributed by atoms with Crippen LogP contribution in [-0.4, -0.2) is 39.2 Å². The second kappa shape index (κ2) is 6.33. The normalized spacial score (nSPS) is 10.8. The highest BCUT2D eigenvalue weighted by Gasteiger charge is 2.19. The van der Waals surface area contributed by atoms with E-state index in [1.165, 1.54) is 0 Å². The number of carbonyl (C=O) groups excluding carboxylic acids is 1. The van der Waals surface area contributed by atoms with E-state index in [0.29, 0.717) is 30.6 Å². The molecule has 2 rings (SSSR count). The minimum Gasteiger partial charge on any atom is -0.377 e. The van der Waals surface area contributed by atoms with E-state index >= 15 is 0 Å². The second-order valence-corrected chi connectivity index (χ2v) is 4.36. The predicted molar refractivity (Wildman–Crippen MR) is 70.8 cm³/mol. The largest absolute Gasteiger partial charge is 0.377 e. The van der Waals surface area contributed by atoms with Crippen molar-refractivity contribution in [2.45, 2.75) is 20.1 Å². The van der Waals surface area contributed by atoms with Crippen LogP contribution in [0.5, 0.6) is 0 Å². The summed E-state index contributed by atoms with van der Waals surface area (Å²) >= 11 is 0. The Morgan fingerprint density at radius 3 is 2.95 bits per heavy atom. The Labute approximate surface area is 117 Å². The summed E-state index contributed by atoms with van der Waals surface area (Å²) < 4.78 is 11.8. The molecule has 0 fully saturated rings. The number of aromatic nitrogens is 3. The monoisotopic (exact) mass is 278 g/mol. The SMILES string of the molecule is CCN(Cc1nc(COC)no1)C(=O)c1cccn1C. The van der Waals surface area contributed by atoms with E-state index in [1.807, 2.05) is 26.2 Å². The van der Waals surface area contributed by atoms with Crippen molar-refractivity contribution < 1.29 is 14.1 Å². The lowest BCUT2D eigenvalue weighted by molar-refractivity contribution is 0.0725. The molecular formula is C13H18N4O3. The molecule has 1 amide bonds. The van der Waals surface area contributed by atoms with Crippen molar-refractivity contribution in [2.75, 3.05) is 13.7 Å². The Morgan fingerprint density at radius 2 is 2.35 bits per heavy atom. The number of hydrogen-bond donors (Lipinski definition) is 0. The lowest BCUT2D eigenvalue weighted by Gasteiger charge is -2.18. The Bertz CT molecular complexity index is 576. The van der Waals surface area contributed by atoms with Gasteiger partial charge in [0.25, 0.3) is 5.91 Å². The van der Waals surface area contributed by atoms with Gasteiger partial charge in [0, 0.05) is 26.9 Å². The van der Waals surface area contributed by atoms with Crippen LogP contribution in [0.2, 0.25) is 0 Å². The zero-order chi connectivity index (χ0) is 14.5. The first-order chi connectivity index (χ1) is 9.65. The van der Waals surface area contributed by atoms with E-state index in [1.54, 1.807) is 22.6 Å². The predicted octanol–water partition coefficient (Wildman–Crippen LogP) is 1.22. The molecule has 2 aromatic heterocycles. The van der Waals surface area contributed by atoms with Gasteiger partial charge in [0.2, 0.25) is 5.89 Å². The first-order valence-electron chi connectivity index (χ1n) is 6.36. The zero-order valence-electron chi connectivity index (χ0n) is 11.9. The molecule has 0 aliphatic heterocycles. The highest BCUT2D eigenvalue weighted by Crippen LogP contribution is 2.09. The molecule has 108 valence electrons. The molecule has 7 nitrogen and oxygen atoms in total. The summed E-state index contributed by atoms with van der Waals surface area (Å²) in [7, 11) is 3.40. The number of hydrogen-bond acceptors (Lipinski definition) is 5. The number of ether oxygens (including phenoxy) is 1. The molecule has 20 heavy (non-hydrogen) atoms. The lowest BCUT2D eigenvalue weighted by atomic mass is 10.3. The molecule has 0 spiro atoms. The van der Waals surface area contributed by atoms with E-state index in [2.05, 4.69) is 10.1 Å². The van der Waals surface area contributed by atoms with Gasteiger partial charge in [-0.3, -0.25) is 4.79 Å². The number of methoxy groups -OCH3 is 1. The fourth-order valence-corrected chi connectivity index (χ4v) is 1.88. The van der Waals surface area contributed by atoms with Crippen LogP contribution < -0.4 is 0 Å². The first-order valence-corrected chi connectivity index (χ1v) is 6.36. The van der Waals surface area contributed by atoms with Gasteiger partial charge in [0.1, 0.15) is 18.8 Å². The van der Waals surface area contributed by atoms with E-state index in [-0.39, 0.29) is 12.5 Å². The summed E-state index contributed by atoms with van der Waals surface area (Å²) in [4.78, 5) is 18.2. The first kappa shape index (κ1) is 14.3. The highest BCUT2D eigenvalue weighted by atomic mass is 16.5. The third kappa shape index (κ3) is 3.05. The Hall–Kier alpha value is -2.15. The van der Waals surface area contributed by atoms with Crippen LogP contribution in [-0.2, 0) is 24.9 Å². The number of carbonyl (C=O) groups is 1. The summed E-state index contributed by atoms with van der Waals surface area (Å²) in [5.41, 5.74) is 0.628. The van der Waals surface area contributed by atoms with Gasteiger partial charge < -0.3 is 18.7 Å². The van der Waals surface area contributed by atoms with E-state index < -0.39 is 0 Å². The Kier molecular flexibility index (Phi) is 4.52. The maximum Gasteiger partial charge on any atom is 0.270 e. The van der Waals surface area contributed by atoms with Crippen molar-refractivity contribution in [3.63, 3.8) is 0 Å². The van der Waals surface area contributed by atoms with Gasteiger partial charge >= 0.3 is 0 Å². The topological polar surface area (TPSA) is 73.4 Å². The molecule has 0 saturated carbocycles. The van der Waals surface area contributed by atoms with Crippen LogP contribution >= 0.6 is 0 Å². The highest BCUT2D eigenvalue weighted by molar-refractivity contribution is 5.92. The minimum absolute atomic E-state index is 0.0634. The Morgan fingerprint density at radius 1 is 1.55 bits per heavy atom. The Balaban J connectivity index is 2.08. The third-order valence-electron chi connectivity index (χ3n) is 2.94. The van der Waals surface area contributed by atoms with E-state index in [0.717, 1.165) is 0 Å². The van der Waals surface area contributed by atoms with Crippen molar-refractivity contribution in [1.82, 2.24) is 19.6 Å². The van der Waals surface area contributed by atoms with E-state index in [4.69, 9.17) is 9.26 Å². The van der Waals surface area contributed by atoms with E-state index in [9.17, 15) is 4.79 Å². The fraction of sp³-hybridized carbons (Fsp3) is 0.462. The van der Waals surface area contributed by atoms with Crippen LogP contribution in [0.3, 0.4) is 0 Å². The smallest absolute Gasteiger partial charge is 0.270 e. The maximum atomic E-state index is 12.4. The minimum atomic E-state index is -0.0634. The second-order valence-electron chi connectivity index (χ2n) is 4.36.